The van der Waals surface area contributed by atoms with Crippen molar-refractivity contribution in [1.29, 1.82) is 0 Å². The lowest BCUT2D eigenvalue weighted by atomic mass is 10.2. The van der Waals surface area contributed by atoms with Crippen LogP contribution in [-0.4, -0.2) is 61.7 Å². The van der Waals surface area contributed by atoms with E-state index in [1.165, 1.54) is 29.2 Å². The van der Waals surface area contributed by atoms with Crippen LogP contribution in [0.5, 0.6) is 0 Å². The van der Waals surface area contributed by atoms with Gasteiger partial charge in [-0.05, 0) is 5.56 Å². The molecule has 0 aliphatic carbocycles. The Morgan fingerprint density at radius 3 is 2.61 bits per heavy atom. The third-order valence-electron chi connectivity index (χ3n) is 4.64. The van der Waals surface area contributed by atoms with Gasteiger partial charge in [-0.25, -0.2) is 19.6 Å². The van der Waals surface area contributed by atoms with Gasteiger partial charge in [0, 0.05) is 38.8 Å². The number of nitrogens with zero attached hydrogens (tertiary/aromatic N) is 7. The summed E-state index contributed by atoms with van der Waals surface area (Å²) in [6.45, 7) is 4.76. The van der Waals surface area contributed by atoms with E-state index < -0.39 is 0 Å². The Kier molecular flexibility index (Phi) is 5.53. The van der Waals surface area contributed by atoms with E-state index in [0.29, 0.717) is 5.82 Å². The Morgan fingerprint density at radius 1 is 1.04 bits per heavy atom. The van der Waals surface area contributed by atoms with Gasteiger partial charge in [-0.3, -0.25) is 9.69 Å². The highest BCUT2D eigenvalue weighted by atomic mass is 16.2. The number of benzene rings is 1. The Hall–Kier alpha value is -3.33. The molecular weight excluding hydrogens is 356 g/mol. The molecule has 1 N–H and O–H groups in total. The number of amides is 1. The lowest BCUT2D eigenvalue weighted by molar-refractivity contribution is -0.116. The number of aromatic nitrogens is 5. The molecule has 0 unspecified atom stereocenters. The number of piperazine rings is 1. The SMILES string of the molecule is O=C(Cn1cncn1)Nc1cc(N2CCN(Cc3ccccc3)CC2)ncn1. The van der Waals surface area contributed by atoms with Gasteiger partial charge in [-0.2, -0.15) is 5.10 Å². The van der Waals surface area contributed by atoms with Crippen molar-refractivity contribution >= 4 is 17.5 Å². The molecule has 9 nitrogen and oxygen atoms in total. The van der Waals surface area contributed by atoms with Crippen LogP contribution in [0.1, 0.15) is 5.56 Å². The minimum Gasteiger partial charge on any atom is -0.354 e. The fraction of sp³-hybridized carbons (Fsp3) is 0.316. The van der Waals surface area contributed by atoms with E-state index in [1.54, 1.807) is 0 Å². The molecule has 1 aliphatic heterocycles. The van der Waals surface area contributed by atoms with Gasteiger partial charge in [0.2, 0.25) is 5.91 Å². The van der Waals surface area contributed by atoms with Crippen LogP contribution in [0.4, 0.5) is 11.6 Å². The van der Waals surface area contributed by atoms with E-state index >= 15 is 0 Å². The molecule has 144 valence electrons. The summed E-state index contributed by atoms with van der Waals surface area (Å²) in [4.78, 5) is 29.1. The molecule has 1 aromatic carbocycles. The standard InChI is InChI=1S/C19H22N8O/c28-19(12-27-15-20-13-23-27)24-17-10-18(22-14-21-17)26-8-6-25(7-9-26)11-16-4-2-1-3-5-16/h1-5,10,13-15H,6-9,11-12H2,(H,21,22,24,28). The first kappa shape index (κ1) is 18.1. The zero-order chi connectivity index (χ0) is 19.2. The van der Waals surface area contributed by atoms with Gasteiger partial charge in [-0.1, -0.05) is 30.3 Å². The Morgan fingerprint density at radius 2 is 1.86 bits per heavy atom. The normalized spacial score (nSPS) is 14.8. The van der Waals surface area contributed by atoms with Gasteiger partial charge in [0.15, 0.2) is 0 Å². The predicted molar refractivity (Wildman–Crippen MR) is 105 cm³/mol. The summed E-state index contributed by atoms with van der Waals surface area (Å²) in [6.07, 6.45) is 4.38. The van der Waals surface area contributed by atoms with Crippen LogP contribution in [-0.2, 0) is 17.9 Å². The van der Waals surface area contributed by atoms with Crippen LogP contribution in [0.15, 0.2) is 55.4 Å². The van der Waals surface area contributed by atoms with Crippen molar-refractivity contribution in [3.8, 4) is 0 Å². The molecule has 1 aliphatic rings. The van der Waals surface area contributed by atoms with Crippen LogP contribution < -0.4 is 10.2 Å². The fourth-order valence-corrected chi connectivity index (χ4v) is 3.21. The van der Waals surface area contributed by atoms with Crippen LogP contribution >= 0.6 is 0 Å². The molecule has 0 bridgehead atoms. The molecular formula is C19H22N8O. The summed E-state index contributed by atoms with van der Waals surface area (Å²) in [5.74, 6) is 1.11. The van der Waals surface area contributed by atoms with Crippen LogP contribution in [0.3, 0.4) is 0 Å². The fourth-order valence-electron chi connectivity index (χ4n) is 3.21. The van der Waals surface area contributed by atoms with E-state index in [9.17, 15) is 4.79 Å². The van der Waals surface area contributed by atoms with Gasteiger partial charge >= 0.3 is 0 Å². The second kappa shape index (κ2) is 8.57. The number of carbonyl (C=O) groups excluding carboxylic acids is 1. The number of carbonyl (C=O) groups is 1. The zero-order valence-electron chi connectivity index (χ0n) is 15.5. The smallest absolute Gasteiger partial charge is 0.247 e. The van der Waals surface area contributed by atoms with Gasteiger partial charge in [0.1, 0.15) is 37.2 Å². The lowest BCUT2D eigenvalue weighted by Crippen LogP contribution is -2.46. The second-order valence-electron chi connectivity index (χ2n) is 6.65. The Labute approximate surface area is 163 Å². The lowest BCUT2D eigenvalue weighted by Gasteiger charge is -2.35. The molecule has 1 saturated heterocycles. The number of anilines is 2. The van der Waals surface area contributed by atoms with Crippen molar-refractivity contribution in [3.05, 3.63) is 60.9 Å². The van der Waals surface area contributed by atoms with Crippen LogP contribution in [0.2, 0.25) is 0 Å². The molecule has 1 fully saturated rings. The molecule has 0 atom stereocenters. The monoisotopic (exact) mass is 378 g/mol. The summed E-state index contributed by atoms with van der Waals surface area (Å²) in [6, 6.07) is 12.3. The Bertz CT molecular complexity index is 891. The van der Waals surface area contributed by atoms with Crippen molar-refractivity contribution in [1.82, 2.24) is 29.6 Å². The molecule has 0 saturated carbocycles. The Balaban J connectivity index is 1.31. The molecule has 4 rings (SSSR count). The van der Waals surface area contributed by atoms with Crippen molar-refractivity contribution in [2.75, 3.05) is 36.4 Å². The van der Waals surface area contributed by atoms with Crippen LogP contribution in [0.25, 0.3) is 0 Å². The first-order valence-corrected chi connectivity index (χ1v) is 9.22. The minimum absolute atomic E-state index is 0.0947. The summed E-state index contributed by atoms with van der Waals surface area (Å²) >= 11 is 0. The third-order valence-corrected chi connectivity index (χ3v) is 4.64. The molecule has 1 amide bonds. The molecule has 28 heavy (non-hydrogen) atoms. The molecule has 3 heterocycles. The van der Waals surface area contributed by atoms with E-state index in [1.807, 2.05) is 12.1 Å². The van der Waals surface area contributed by atoms with Crippen LogP contribution in [0, 0.1) is 0 Å². The zero-order valence-corrected chi connectivity index (χ0v) is 15.5. The number of rotatable bonds is 6. The highest BCUT2D eigenvalue weighted by Gasteiger charge is 2.19. The average molecular weight is 378 g/mol. The molecule has 3 aromatic rings. The first-order valence-electron chi connectivity index (χ1n) is 9.22. The van der Waals surface area contributed by atoms with Crippen molar-refractivity contribution in [3.63, 3.8) is 0 Å². The minimum atomic E-state index is -0.206. The number of hydrogen-bond acceptors (Lipinski definition) is 7. The maximum Gasteiger partial charge on any atom is 0.247 e. The number of hydrogen-bond donors (Lipinski definition) is 1. The highest BCUT2D eigenvalue weighted by Crippen LogP contribution is 2.17. The molecule has 9 heteroatoms. The van der Waals surface area contributed by atoms with Gasteiger partial charge in [0.25, 0.3) is 0 Å². The second-order valence-corrected chi connectivity index (χ2v) is 6.65. The summed E-state index contributed by atoms with van der Waals surface area (Å²) in [5, 5.41) is 6.71. The predicted octanol–water partition coefficient (Wildman–Crippen LogP) is 1.03. The van der Waals surface area contributed by atoms with Gasteiger partial charge in [-0.15, -0.1) is 0 Å². The highest BCUT2D eigenvalue weighted by molar-refractivity contribution is 5.89. The summed E-state index contributed by atoms with van der Waals surface area (Å²) in [5.41, 5.74) is 1.33. The largest absolute Gasteiger partial charge is 0.354 e. The van der Waals surface area contributed by atoms with Crippen molar-refractivity contribution < 1.29 is 4.79 Å². The van der Waals surface area contributed by atoms with Crippen molar-refractivity contribution in [2.45, 2.75) is 13.1 Å². The summed E-state index contributed by atoms with van der Waals surface area (Å²) in [7, 11) is 0. The van der Waals surface area contributed by atoms with E-state index in [0.717, 1.165) is 38.5 Å². The molecule has 0 spiro atoms. The van der Waals surface area contributed by atoms with Gasteiger partial charge in [0.05, 0.1) is 0 Å². The first-order chi connectivity index (χ1) is 13.8. The topological polar surface area (TPSA) is 92.1 Å². The van der Waals surface area contributed by atoms with E-state index in [4.69, 9.17) is 0 Å². The quantitative estimate of drug-likeness (QED) is 0.685. The number of nitrogens with one attached hydrogen (secondary N) is 1. The molecule has 2 aromatic heterocycles. The van der Waals surface area contributed by atoms with Gasteiger partial charge < -0.3 is 10.2 Å². The van der Waals surface area contributed by atoms with E-state index in [2.05, 4.69) is 59.4 Å². The average Bonchev–Trinajstić information content (AvgIpc) is 3.22. The van der Waals surface area contributed by atoms with Crippen molar-refractivity contribution in [2.24, 2.45) is 0 Å². The maximum absolute atomic E-state index is 12.1. The summed E-state index contributed by atoms with van der Waals surface area (Å²) < 4.78 is 1.46. The maximum atomic E-state index is 12.1. The third kappa shape index (κ3) is 4.68. The van der Waals surface area contributed by atoms with E-state index in [-0.39, 0.29) is 12.5 Å². The molecule has 0 radical (unpaired) electrons.